The van der Waals surface area contributed by atoms with Gasteiger partial charge in [0.2, 0.25) is 0 Å². The minimum absolute atomic E-state index is 0.212. The second-order valence-corrected chi connectivity index (χ2v) is 3.86. The van der Waals surface area contributed by atoms with Crippen molar-refractivity contribution in [2.24, 2.45) is 0 Å². The predicted molar refractivity (Wildman–Crippen MR) is 58.0 cm³/mol. The first kappa shape index (κ1) is 11.2. The van der Waals surface area contributed by atoms with Crippen LogP contribution < -0.4 is 5.48 Å². The summed E-state index contributed by atoms with van der Waals surface area (Å²) < 4.78 is 0. The summed E-state index contributed by atoms with van der Waals surface area (Å²) in [6, 6.07) is 7.74. The lowest BCUT2D eigenvalue weighted by molar-refractivity contribution is -0.130. The molecule has 3 nitrogen and oxygen atoms in total. The fourth-order valence-electron chi connectivity index (χ4n) is 1.04. The van der Waals surface area contributed by atoms with E-state index in [0.29, 0.717) is 0 Å². The van der Waals surface area contributed by atoms with Gasteiger partial charge in [0.1, 0.15) is 4.83 Å². The highest BCUT2D eigenvalue weighted by molar-refractivity contribution is 9.09. The van der Waals surface area contributed by atoms with Crippen LogP contribution in [0.1, 0.15) is 16.0 Å². The topological polar surface area (TPSA) is 38.3 Å². The summed E-state index contributed by atoms with van der Waals surface area (Å²) in [4.78, 5) is 15.5. The molecule has 1 aromatic rings. The molecular weight excluding hydrogens is 246 g/mol. The average Bonchev–Trinajstić information content (AvgIpc) is 2.18. The number of hydroxylamine groups is 1. The molecule has 1 unspecified atom stereocenters. The van der Waals surface area contributed by atoms with Crippen molar-refractivity contribution in [2.45, 2.75) is 11.8 Å². The van der Waals surface area contributed by atoms with Crippen LogP contribution in [0.5, 0.6) is 0 Å². The van der Waals surface area contributed by atoms with Crippen LogP contribution in [-0.4, -0.2) is 13.0 Å². The van der Waals surface area contributed by atoms with E-state index in [9.17, 15) is 4.79 Å². The number of aryl methyl sites for hydroxylation is 1. The molecule has 1 N–H and O–H groups in total. The van der Waals surface area contributed by atoms with Gasteiger partial charge in [-0.3, -0.25) is 9.63 Å². The van der Waals surface area contributed by atoms with Gasteiger partial charge in [0.15, 0.2) is 0 Å². The molecule has 0 bridgehead atoms. The molecule has 1 atom stereocenters. The first-order valence-corrected chi connectivity index (χ1v) is 5.10. The molecule has 76 valence electrons. The van der Waals surface area contributed by atoms with Gasteiger partial charge in [-0.25, -0.2) is 5.48 Å². The van der Waals surface area contributed by atoms with E-state index in [1.165, 1.54) is 12.7 Å². The second-order valence-electron chi connectivity index (χ2n) is 2.94. The molecule has 1 aromatic carbocycles. The van der Waals surface area contributed by atoms with Crippen molar-refractivity contribution >= 4 is 21.8 Å². The van der Waals surface area contributed by atoms with Crippen molar-refractivity contribution in [2.75, 3.05) is 7.11 Å². The van der Waals surface area contributed by atoms with Crippen molar-refractivity contribution in [1.29, 1.82) is 0 Å². The number of carbonyl (C=O) groups is 1. The maximum atomic E-state index is 11.3. The highest BCUT2D eigenvalue weighted by atomic mass is 79.9. The zero-order chi connectivity index (χ0) is 10.6. The smallest absolute Gasteiger partial charge is 0.261 e. The first-order valence-electron chi connectivity index (χ1n) is 4.18. The Morgan fingerprint density at radius 2 is 2.00 bits per heavy atom. The summed E-state index contributed by atoms with van der Waals surface area (Å²) in [5.41, 5.74) is 4.35. The van der Waals surface area contributed by atoms with Gasteiger partial charge in [-0.2, -0.15) is 0 Å². The highest BCUT2D eigenvalue weighted by Crippen LogP contribution is 2.22. The number of hydrogen-bond donors (Lipinski definition) is 1. The van der Waals surface area contributed by atoms with Crippen LogP contribution in [0.2, 0.25) is 0 Å². The minimum Gasteiger partial charge on any atom is -0.277 e. The molecule has 0 aliphatic carbocycles. The van der Waals surface area contributed by atoms with Crippen LogP contribution in [-0.2, 0) is 9.63 Å². The molecule has 0 aromatic heterocycles. The molecule has 0 heterocycles. The maximum Gasteiger partial charge on any atom is 0.261 e. The van der Waals surface area contributed by atoms with E-state index < -0.39 is 0 Å². The van der Waals surface area contributed by atoms with Crippen LogP contribution in [0.4, 0.5) is 0 Å². The van der Waals surface area contributed by atoms with Crippen molar-refractivity contribution in [1.82, 2.24) is 5.48 Å². The zero-order valence-corrected chi connectivity index (χ0v) is 9.67. The molecule has 1 amide bonds. The fraction of sp³-hybridized carbons (Fsp3) is 0.300. The lowest BCUT2D eigenvalue weighted by Gasteiger charge is -2.09. The molecule has 0 radical (unpaired) electrons. The summed E-state index contributed by atoms with van der Waals surface area (Å²) in [6.07, 6.45) is 0. The molecule has 0 saturated heterocycles. The Balaban J connectivity index is 2.73. The normalized spacial score (nSPS) is 12.2. The van der Waals surface area contributed by atoms with E-state index in [2.05, 4.69) is 26.2 Å². The van der Waals surface area contributed by atoms with E-state index in [0.717, 1.165) is 5.56 Å². The zero-order valence-electron chi connectivity index (χ0n) is 8.08. The van der Waals surface area contributed by atoms with Gasteiger partial charge >= 0.3 is 0 Å². The Hall–Kier alpha value is -0.870. The average molecular weight is 258 g/mol. The predicted octanol–water partition coefficient (Wildman–Crippen LogP) is 2.11. The summed E-state index contributed by atoms with van der Waals surface area (Å²) in [6.45, 7) is 2.00. The van der Waals surface area contributed by atoms with Crippen LogP contribution in [0.15, 0.2) is 24.3 Å². The summed E-state index contributed by atoms with van der Waals surface area (Å²) in [5, 5.41) is 0. The summed E-state index contributed by atoms with van der Waals surface area (Å²) in [7, 11) is 1.41. The van der Waals surface area contributed by atoms with E-state index in [1.807, 2.05) is 31.2 Å². The van der Waals surface area contributed by atoms with Crippen LogP contribution in [0, 0.1) is 6.92 Å². The van der Waals surface area contributed by atoms with Gasteiger partial charge in [-0.1, -0.05) is 45.8 Å². The number of alkyl halides is 1. The van der Waals surface area contributed by atoms with E-state index in [4.69, 9.17) is 0 Å². The Bertz CT molecular complexity index is 310. The molecule has 1 rings (SSSR count). The summed E-state index contributed by atoms with van der Waals surface area (Å²) in [5.74, 6) is -0.212. The van der Waals surface area contributed by atoms with Crippen molar-refractivity contribution < 1.29 is 9.63 Å². The maximum absolute atomic E-state index is 11.3. The first-order chi connectivity index (χ1) is 6.65. The number of nitrogens with one attached hydrogen (secondary N) is 1. The number of carbonyl (C=O) groups excluding carboxylic acids is 1. The quantitative estimate of drug-likeness (QED) is 0.666. The van der Waals surface area contributed by atoms with Gasteiger partial charge in [0, 0.05) is 0 Å². The molecule has 0 aliphatic heterocycles. The van der Waals surface area contributed by atoms with Gasteiger partial charge in [-0.15, -0.1) is 0 Å². The molecule has 14 heavy (non-hydrogen) atoms. The SMILES string of the molecule is CONC(=O)C(Br)c1ccc(C)cc1. The Morgan fingerprint density at radius 3 is 2.50 bits per heavy atom. The number of halogens is 1. The monoisotopic (exact) mass is 257 g/mol. The lowest BCUT2D eigenvalue weighted by atomic mass is 10.1. The molecule has 0 aliphatic rings. The van der Waals surface area contributed by atoms with Gasteiger partial charge in [-0.05, 0) is 12.5 Å². The van der Waals surface area contributed by atoms with E-state index in [1.54, 1.807) is 0 Å². The fourth-order valence-corrected chi connectivity index (χ4v) is 1.44. The van der Waals surface area contributed by atoms with Crippen molar-refractivity contribution in [3.63, 3.8) is 0 Å². The Morgan fingerprint density at radius 1 is 1.43 bits per heavy atom. The van der Waals surface area contributed by atoms with Crippen LogP contribution in [0.25, 0.3) is 0 Å². The summed E-state index contributed by atoms with van der Waals surface area (Å²) >= 11 is 3.28. The molecular formula is C10H12BrNO2. The largest absolute Gasteiger partial charge is 0.277 e. The Kier molecular flexibility index (Phi) is 4.10. The van der Waals surface area contributed by atoms with E-state index in [-0.39, 0.29) is 10.7 Å². The Labute approximate surface area is 91.5 Å². The van der Waals surface area contributed by atoms with Gasteiger partial charge in [0.05, 0.1) is 7.11 Å². The van der Waals surface area contributed by atoms with Gasteiger partial charge in [0.25, 0.3) is 5.91 Å². The second kappa shape index (κ2) is 5.12. The van der Waals surface area contributed by atoms with Crippen LogP contribution >= 0.6 is 15.9 Å². The number of benzene rings is 1. The number of amides is 1. The molecule has 0 saturated carbocycles. The number of rotatable bonds is 3. The lowest BCUT2D eigenvalue weighted by Crippen LogP contribution is -2.25. The van der Waals surface area contributed by atoms with E-state index >= 15 is 0 Å². The molecule has 0 spiro atoms. The van der Waals surface area contributed by atoms with Crippen LogP contribution in [0.3, 0.4) is 0 Å². The third-order valence-electron chi connectivity index (χ3n) is 1.80. The molecule has 4 heteroatoms. The van der Waals surface area contributed by atoms with Crippen molar-refractivity contribution in [3.05, 3.63) is 35.4 Å². The molecule has 0 fully saturated rings. The minimum atomic E-state index is -0.372. The third kappa shape index (κ3) is 2.82. The standard InChI is InChI=1S/C10H12BrNO2/c1-7-3-5-8(6-4-7)9(11)10(13)12-14-2/h3-6,9H,1-2H3,(H,12,13). The van der Waals surface area contributed by atoms with Crippen molar-refractivity contribution in [3.8, 4) is 0 Å². The third-order valence-corrected chi connectivity index (χ3v) is 2.75. The van der Waals surface area contributed by atoms with Gasteiger partial charge < -0.3 is 0 Å². The number of hydrogen-bond acceptors (Lipinski definition) is 2. The highest BCUT2D eigenvalue weighted by Gasteiger charge is 2.16.